The fourth-order valence-corrected chi connectivity index (χ4v) is 1.66. The van der Waals surface area contributed by atoms with Gasteiger partial charge in [-0.05, 0) is 30.8 Å². The van der Waals surface area contributed by atoms with Crippen molar-refractivity contribution in [2.24, 2.45) is 0 Å². The monoisotopic (exact) mass is 268 g/mol. The molecule has 0 heterocycles. The highest BCUT2D eigenvalue weighted by molar-refractivity contribution is 7.80. The van der Waals surface area contributed by atoms with Crippen LogP contribution in [0.25, 0.3) is 0 Å². The highest BCUT2D eigenvalue weighted by Gasteiger charge is 2.06. The molecule has 0 unspecified atom stereocenters. The Morgan fingerprint density at radius 3 is 2.67 bits per heavy atom. The Labute approximate surface area is 114 Å². The third-order valence-corrected chi connectivity index (χ3v) is 2.72. The van der Waals surface area contributed by atoms with E-state index >= 15 is 0 Å². The molecule has 0 aliphatic rings. The number of ether oxygens (including phenoxy) is 2. The van der Waals surface area contributed by atoms with Crippen molar-refractivity contribution < 1.29 is 9.47 Å². The van der Waals surface area contributed by atoms with E-state index in [0.717, 1.165) is 30.8 Å². The van der Waals surface area contributed by atoms with Crippen LogP contribution >= 0.6 is 12.2 Å². The third-order valence-electron chi connectivity index (χ3n) is 2.47. The van der Waals surface area contributed by atoms with Crippen LogP contribution in [0.1, 0.15) is 19.8 Å². The van der Waals surface area contributed by atoms with Gasteiger partial charge in [-0.15, -0.1) is 0 Å². The van der Waals surface area contributed by atoms with Gasteiger partial charge in [-0.25, -0.2) is 0 Å². The van der Waals surface area contributed by atoms with E-state index in [2.05, 4.69) is 17.6 Å². The zero-order valence-corrected chi connectivity index (χ0v) is 11.9. The minimum absolute atomic E-state index is 0.604. The summed E-state index contributed by atoms with van der Waals surface area (Å²) in [6, 6.07) is 5.56. The first-order chi connectivity index (χ1) is 8.71. The number of unbranched alkanes of at least 4 members (excludes halogenated alkanes) is 1. The molecule has 2 N–H and O–H groups in total. The van der Waals surface area contributed by atoms with E-state index in [1.54, 1.807) is 14.2 Å². The summed E-state index contributed by atoms with van der Waals surface area (Å²) in [5.74, 6) is 1.45. The van der Waals surface area contributed by atoms with E-state index in [4.69, 9.17) is 21.7 Å². The maximum absolute atomic E-state index is 5.28. The summed E-state index contributed by atoms with van der Waals surface area (Å²) in [5, 5.41) is 6.86. The molecule has 0 spiro atoms. The lowest BCUT2D eigenvalue weighted by Gasteiger charge is -2.14. The normalized spacial score (nSPS) is 9.72. The molecule has 0 radical (unpaired) electrons. The number of thiocarbonyl (C=S) groups is 1. The largest absolute Gasteiger partial charge is 0.497 e. The summed E-state index contributed by atoms with van der Waals surface area (Å²) >= 11 is 5.21. The van der Waals surface area contributed by atoms with Gasteiger partial charge in [0.2, 0.25) is 0 Å². The zero-order chi connectivity index (χ0) is 13.4. The van der Waals surface area contributed by atoms with Crippen LogP contribution in [0.2, 0.25) is 0 Å². The van der Waals surface area contributed by atoms with Gasteiger partial charge in [0.1, 0.15) is 11.5 Å². The lowest BCUT2D eigenvalue weighted by Crippen LogP contribution is -2.29. The van der Waals surface area contributed by atoms with Gasteiger partial charge in [0.05, 0.1) is 19.9 Å². The molecule has 1 aromatic carbocycles. The summed E-state index contributed by atoms with van der Waals surface area (Å²) in [7, 11) is 3.24. The number of rotatable bonds is 6. The molecule has 0 fully saturated rings. The van der Waals surface area contributed by atoms with E-state index in [1.165, 1.54) is 0 Å². The number of methoxy groups -OCH3 is 2. The van der Waals surface area contributed by atoms with Gasteiger partial charge in [-0.2, -0.15) is 0 Å². The Balaban J connectivity index is 2.63. The summed E-state index contributed by atoms with van der Waals surface area (Å²) in [5.41, 5.74) is 0.826. The van der Waals surface area contributed by atoms with Crippen molar-refractivity contribution in [1.29, 1.82) is 0 Å². The van der Waals surface area contributed by atoms with Crippen molar-refractivity contribution in [3.05, 3.63) is 18.2 Å². The minimum atomic E-state index is 0.604. The summed E-state index contributed by atoms with van der Waals surface area (Å²) in [6.07, 6.45) is 2.24. The Kier molecular flexibility index (Phi) is 6.28. The zero-order valence-electron chi connectivity index (χ0n) is 11.1. The van der Waals surface area contributed by atoms with Crippen LogP contribution in [-0.4, -0.2) is 25.9 Å². The van der Waals surface area contributed by atoms with E-state index in [0.29, 0.717) is 10.9 Å². The van der Waals surface area contributed by atoms with Crippen molar-refractivity contribution in [2.45, 2.75) is 19.8 Å². The second-order valence-electron chi connectivity index (χ2n) is 3.80. The smallest absolute Gasteiger partial charge is 0.170 e. The molecule has 100 valence electrons. The van der Waals surface area contributed by atoms with Crippen LogP contribution < -0.4 is 20.1 Å². The van der Waals surface area contributed by atoms with Crippen LogP contribution in [0.15, 0.2) is 18.2 Å². The molecule has 0 saturated heterocycles. The molecular formula is C13H20N2O2S. The Morgan fingerprint density at radius 2 is 2.06 bits per heavy atom. The molecular weight excluding hydrogens is 248 g/mol. The van der Waals surface area contributed by atoms with Gasteiger partial charge in [0.25, 0.3) is 0 Å². The maximum atomic E-state index is 5.28. The molecule has 0 aromatic heterocycles. The first kappa shape index (κ1) is 14.6. The summed E-state index contributed by atoms with van der Waals surface area (Å²) < 4.78 is 10.4. The number of anilines is 1. The topological polar surface area (TPSA) is 42.5 Å². The van der Waals surface area contributed by atoms with Crippen molar-refractivity contribution in [2.75, 3.05) is 26.1 Å². The number of benzene rings is 1. The van der Waals surface area contributed by atoms with Crippen LogP contribution in [0.3, 0.4) is 0 Å². The standard InChI is InChI=1S/C13H20N2O2S/c1-4-5-8-14-13(18)15-11-7-6-10(16-2)9-12(11)17-3/h6-7,9H,4-5,8H2,1-3H3,(H2,14,15,18). The third kappa shape index (κ3) is 4.41. The summed E-state index contributed by atoms with van der Waals surface area (Å²) in [4.78, 5) is 0. The predicted molar refractivity (Wildman–Crippen MR) is 78.7 cm³/mol. The second kappa shape index (κ2) is 7.76. The maximum Gasteiger partial charge on any atom is 0.170 e. The fourth-order valence-electron chi connectivity index (χ4n) is 1.45. The van der Waals surface area contributed by atoms with Gasteiger partial charge in [0, 0.05) is 12.6 Å². The van der Waals surface area contributed by atoms with Gasteiger partial charge in [-0.3, -0.25) is 0 Å². The van der Waals surface area contributed by atoms with Crippen LogP contribution in [0.5, 0.6) is 11.5 Å². The molecule has 4 nitrogen and oxygen atoms in total. The van der Waals surface area contributed by atoms with Gasteiger partial charge in [0.15, 0.2) is 5.11 Å². The van der Waals surface area contributed by atoms with Crippen molar-refractivity contribution in [3.63, 3.8) is 0 Å². The fraction of sp³-hybridized carbons (Fsp3) is 0.462. The van der Waals surface area contributed by atoms with Crippen molar-refractivity contribution in [1.82, 2.24) is 5.32 Å². The summed E-state index contributed by atoms with van der Waals surface area (Å²) in [6.45, 7) is 3.02. The molecule has 1 aromatic rings. The van der Waals surface area contributed by atoms with Gasteiger partial charge >= 0.3 is 0 Å². The average molecular weight is 268 g/mol. The number of hydrogen-bond acceptors (Lipinski definition) is 3. The highest BCUT2D eigenvalue weighted by atomic mass is 32.1. The van der Waals surface area contributed by atoms with E-state index in [9.17, 15) is 0 Å². The van der Waals surface area contributed by atoms with Gasteiger partial charge < -0.3 is 20.1 Å². The molecule has 0 aliphatic carbocycles. The Hall–Kier alpha value is -1.49. The molecule has 1 rings (SSSR count). The molecule has 18 heavy (non-hydrogen) atoms. The van der Waals surface area contributed by atoms with E-state index in [1.807, 2.05) is 18.2 Å². The molecule has 5 heteroatoms. The molecule has 0 bridgehead atoms. The Morgan fingerprint density at radius 1 is 1.28 bits per heavy atom. The van der Waals surface area contributed by atoms with E-state index < -0.39 is 0 Å². The first-order valence-electron chi connectivity index (χ1n) is 5.98. The quantitative estimate of drug-likeness (QED) is 0.613. The van der Waals surface area contributed by atoms with Crippen molar-refractivity contribution >= 4 is 23.0 Å². The van der Waals surface area contributed by atoms with Crippen LogP contribution in [0.4, 0.5) is 5.69 Å². The average Bonchev–Trinajstić information content (AvgIpc) is 2.39. The lowest BCUT2D eigenvalue weighted by atomic mass is 10.2. The SMILES string of the molecule is CCCCNC(=S)Nc1ccc(OC)cc1OC. The predicted octanol–water partition coefficient (Wildman–Crippen LogP) is 2.79. The first-order valence-corrected chi connectivity index (χ1v) is 6.39. The van der Waals surface area contributed by atoms with Gasteiger partial charge in [-0.1, -0.05) is 13.3 Å². The number of hydrogen-bond donors (Lipinski definition) is 2. The molecule has 0 aliphatic heterocycles. The van der Waals surface area contributed by atoms with E-state index in [-0.39, 0.29) is 0 Å². The number of nitrogens with one attached hydrogen (secondary N) is 2. The molecule has 0 atom stereocenters. The van der Waals surface area contributed by atoms with Crippen molar-refractivity contribution in [3.8, 4) is 11.5 Å². The highest BCUT2D eigenvalue weighted by Crippen LogP contribution is 2.28. The molecule has 0 saturated carbocycles. The molecule has 0 amide bonds. The second-order valence-corrected chi connectivity index (χ2v) is 4.21. The van der Waals surface area contributed by atoms with Crippen LogP contribution in [-0.2, 0) is 0 Å². The van der Waals surface area contributed by atoms with Crippen LogP contribution in [0, 0.1) is 0 Å². The Bertz CT molecular complexity index is 397. The lowest BCUT2D eigenvalue weighted by molar-refractivity contribution is 0.395. The minimum Gasteiger partial charge on any atom is -0.497 e.